The number of primary amides is 1. The van der Waals surface area contributed by atoms with E-state index in [1.807, 2.05) is 16.8 Å². The van der Waals surface area contributed by atoms with E-state index in [1.54, 1.807) is 12.1 Å². The highest BCUT2D eigenvalue weighted by molar-refractivity contribution is 5.93. The Kier molecular flexibility index (Phi) is 5.21. The number of nitrogens with zero attached hydrogens (tertiary/aromatic N) is 5. The van der Waals surface area contributed by atoms with Crippen LogP contribution in [-0.4, -0.2) is 43.3 Å². The fourth-order valence-corrected chi connectivity index (χ4v) is 3.38. The molecule has 1 aliphatic rings. The van der Waals surface area contributed by atoms with Crippen LogP contribution in [0.25, 0.3) is 22.9 Å². The molecule has 146 valence electrons. The lowest BCUT2D eigenvalue weighted by molar-refractivity contribution is 0.100. The molecule has 28 heavy (non-hydrogen) atoms. The van der Waals surface area contributed by atoms with Crippen LogP contribution < -0.4 is 11.1 Å². The summed E-state index contributed by atoms with van der Waals surface area (Å²) in [5, 5.41) is 8.11. The van der Waals surface area contributed by atoms with Crippen LogP contribution in [0.15, 0.2) is 30.5 Å². The summed E-state index contributed by atoms with van der Waals surface area (Å²) in [5.41, 5.74) is 7.52. The number of rotatable bonds is 6. The molecule has 0 saturated heterocycles. The molecule has 3 aromatic rings. The van der Waals surface area contributed by atoms with Gasteiger partial charge in [0.05, 0.1) is 0 Å². The number of hydrogen-bond acceptors (Lipinski definition) is 5. The van der Waals surface area contributed by atoms with Crippen molar-refractivity contribution in [1.29, 1.82) is 0 Å². The second-order valence-corrected chi connectivity index (χ2v) is 7.01. The van der Waals surface area contributed by atoms with Crippen LogP contribution in [0.4, 0.5) is 0 Å². The lowest BCUT2D eigenvalue weighted by Crippen LogP contribution is -2.17. The fraction of sp³-hybridized carbons (Fsp3) is 0.400. The maximum absolute atomic E-state index is 11.3. The van der Waals surface area contributed by atoms with E-state index in [0.717, 1.165) is 68.3 Å². The van der Waals surface area contributed by atoms with E-state index in [2.05, 4.69) is 23.0 Å². The standard InChI is InChI=1S/C20H25N7O/c1-2-3-11-27-20(16-13-26-12-10-22-9-8-17(26)23-16)24-19(25-27)15-6-4-14(5-7-15)18(21)28/h4-7,13,22H,2-3,8-12H2,1H3,(H2,21,28). The molecule has 1 aliphatic heterocycles. The lowest BCUT2D eigenvalue weighted by Gasteiger charge is -2.02. The SMILES string of the molecule is CCCCn1nc(-c2ccc(C(N)=O)cc2)nc1-c1cn2c(n1)CCNCC2. The zero-order valence-corrected chi connectivity index (χ0v) is 16.1. The van der Waals surface area contributed by atoms with Gasteiger partial charge in [-0.25, -0.2) is 14.6 Å². The van der Waals surface area contributed by atoms with E-state index in [-0.39, 0.29) is 0 Å². The van der Waals surface area contributed by atoms with Crippen LogP contribution in [0, 0.1) is 0 Å². The van der Waals surface area contributed by atoms with Crippen molar-refractivity contribution in [2.45, 2.75) is 39.3 Å². The van der Waals surface area contributed by atoms with Crippen molar-refractivity contribution in [3.8, 4) is 22.9 Å². The summed E-state index contributed by atoms with van der Waals surface area (Å²) >= 11 is 0. The zero-order chi connectivity index (χ0) is 19.5. The molecule has 8 nitrogen and oxygen atoms in total. The van der Waals surface area contributed by atoms with Crippen molar-refractivity contribution in [3.05, 3.63) is 41.9 Å². The number of carbonyl (C=O) groups excluding carboxylic acids is 1. The number of nitrogens with one attached hydrogen (secondary N) is 1. The fourth-order valence-electron chi connectivity index (χ4n) is 3.38. The second-order valence-electron chi connectivity index (χ2n) is 7.01. The number of carbonyl (C=O) groups is 1. The number of imidazole rings is 1. The number of aryl methyl sites for hydroxylation is 1. The number of fused-ring (bicyclic) bond motifs is 1. The van der Waals surface area contributed by atoms with Crippen molar-refractivity contribution in [1.82, 2.24) is 29.6 Å². The molecule has 0 fully saturated rings. The molecule has 8 heteroatoms. The zero-order valence-electron chi connectivity index (χ0n) is 16.1. The quantitative estimate of drug-likeness (QED) is 0.680. The number of benzene rings is 1. The summed E-state index contributed by atoms with van der Waals surface area (Å²) < 4.78 is 4.15. The van der Waals surface area contributed by atoms with E-state index in [9.17, 15) is 4.79 Å². The van der Waals surface area contributed by atoms with Crippen LogP contribution >= 0.6 is 0 Å². The van der Waals surface area contributed by atoms with Crippen molar-refractivity contribution in [2.24, 2.45) is 5.73 Å². The largest absolute Gasteiger partial charge is 0.366 e. The molecule has 0 unspecified atom stereocenters. The van der Waals surface area contributed by atoms with Gasteiger partial charge in [0.1, 0.15) is 11.5 Å². The molecule has 3 heterocycles. The lowest BCUT2D eigenvalue weighted by atomic mass is 10.1. The van der Waals surface area contributed by atoms with Crippen molar-refractivity contribution >= 4 is 5.91 Å². The molecule has 0 radical (unpaired) electrons. The average molecular weight is 379 g/mol. The normalized spacial score (nSPS) is 13.9. The third-order valence-electron chi connectivity index (χ3n) is 4.97. The van der Waals surface area contributed by atoms with E-state index in [4.69, 9.17) is 20.8 Å². The van der Waals surface area contributed by atoms with Crippen LogP contribution in [0.5, 0.6) is 0 Å². The van der Waals surface area contributed by atoms with Gasteiger partial charge < -0.3 is 15.6 Å². The molecule has 0 saturated carbocycles. The monoisotopic (exact) mass is 379 g/mol. The minimum atomic E-state index is -0.442. The topological polar surface area (TPSA) is 104 Å². The highest BCUT2D eigenvalue weighted by Gasteiger charge is 2.19. The minimum Gasteiger partial charge on any atom is -0.366 e. The van der Waals surface area contributed by atoms with Gasteiger partial charge in [-0.2, -0.15) is 5.10 Å². The minimum absolute atomic E-state index is 0.442. The third-order valence-corrected chi connectivity index (χ3v) is 4.97. The Balaban J connectivity index is 1.71. The highest BCUT2D eigenvalue weighted by atomic mass is 16.1. The summed E-state index contributed by atoms with van der Waals surface area (Å²) in [6.45, 7) is 5.75. The first-order valence-electron chi connectivity index (χ1n) is 9.78. The first-order chi connectivity index (χ1) is 13.7. The van der Waals surface area contributed by atoms with Crippen molar-refractivity contribution < 1.29 is 4.79 Å². The molecule has 2 aromatic heterocycles. The molecular formula is C20H25N7O. The van der Waals surface area contributed by atoms with E-state index in [0.29, 0.717) is 11.4 Å². The molecule has 0 spiro atoms. The summed E-state index contributed by atoms with van der Waals surface area (Å²) in [6, 6.07) is 7.07. The molecular weight excluding hydrogens is 354 g/mol. The third kappa shape index (κ3) is 3.68. The number of amides is 1. The maximum Gasteiger partial charge on any atom is 0.248 e. The summed E-state index contributed by atoms with van der Waals surface area (Å²) in [6.07, 6.45) is 5.08. The molecule has 0 aliphatic carbocycles. The van der Waals surface area contributed by atoms with Crippen molar-refractivity contribution in [2.75, 3.05) is 13.1 Å². The highest BCUT2D eigenvalue weighted by Crippen LogP contribution is 2.23. The van der Waals surface area contributed by atoms with E-state index in [1.165, 1.54) is 0 Å². The first-order valence-corrected chi connectivity index (χ1v) is 9.78. The predicted molar refractivity (Wildman–Crippen MR) is 107 cm³/mol. The number of nitrogens with two attached hydrogens (primary N) is 1. The van der Waals surface area contributed by atoms with Crippen molar-refractivity contribution in [3.63, 3.8) is 0 Å². The van der Waals surface area contributed by atoms with Gasteiger partial charge in [0.2, 0.25) is 5.91 Å². The van der Waals surface area contributed by atoms with Crippen LogP contribution in [-0.2, 0) is 19.5 Å². The Morgan fingerprint density at radius 1 is 1.21 bits per heavy atom. The first kappa shape index (κ1) is 18.4. The van der Waals surface area contributed by atoms with Gasteiger partial charge in [-0.05, 0) is 18.6 Å². The van der Waals surface area contributed by atoms with Gasteiger partial charge >= 0.3 is 0 Å². The smallest absolute Gasteiger partial charge is 0.248 e. The van der Waals surface area contributed by atoms with Gasteiger partial charge in [0, 0.05) is 49.9 Å². The summed E-state index contributed by atoms with van der Waals surface area (Å²) in [4.78, 5) is 20.9. The van der Waals surface area contributed by atoms with Crippen LogP contribution in [0.2, 0.25) is 0 Å². The Morgan fingerprint density at radius 3 is 2.79 bits per heavy atom. The van der Waals surface area contributed by atoms with E-state index < -0.39 is 5.91 Å². The molecule has 1 amide bonds. The molecule has 0 bridgehead atoms. The molecule has 1 aromatic carbocycles. The molecule has 4 rings (SSSR count). The van der Waals surface area contributed by atoms with Crippen LogP contribution in [0.1, 0.15) is 35.9 Å². The molecule has 0 atom stereocenters. The van der Waals surface area contributed by atoms with Gasteiger partial charge in [0.25, 0.3) is 0 Å². The summed E-state index contributed by atoms with van der Waals surface area (Å²) in [5.74, 6) is 2.06. The van der Waals surface area contributed by atoms with Gasteiger partial charge in [0.15, 0.2) is 11.6 Å². The Hall–Kier alpha value is -3.00. The van der Waals surface area contributed by atoms with Gasteiger partial charge in [-0.1, -0.05) is 25.5 Å². The number of hydrogen-bond donors (Lipinski definition) is 2. The number of unbranched alkanes of at least 4 members (excludes halogenated alkanes) is 1. The predicted octanol–water partition coefficient (Wildman–Crippen LogP) is 1.85. The Bertz CT molecular complexity index is 948. The van der Waals surface area contributed by atoms with Crippen LogP contribution in [0.3, 0.4) is 0 Å². The van der Waals surface area contributed by atoms with Gasteiger partial charge in [-0.3, -0.25) is 4.79 Å². The molecule has 3 N–H and O–H groups in total. The average Bonchev–Trinajstić information content (AvgIpc) is 3.24. The van der Waals surface area contributed by atoms with Gasteiger partial charge in [-0.15, -0.1) is 0 Å². The Morgan fingerprint density at radius 2 is 2.04 bits per heavy atom. The maximum atomic E-state index is 11.3. The second kappa shape index (κ2) is 7.93. The number of aromatic nitrogens is 5. The summed E-state index contributed by atoms with van der Waals surface area (Å²) in [7, 11) is 0. The Labute approximate surface area is 163 Å². The van der Waals surface area contributed by atoms with E-state index >= 15 is 0 Å².